The maximum atomic E-state index is 5.38. The van der Waals surface area contributed by atoms with Crippen LogP contribution in [0.1, 0.15) is 38.7 Å². The van der Waals surface area contributed by atoms with Gasteiger partial charge in [0.2, 0.25) is 0 Å². The van der Waals surface area contributed by atoms with E-state index >= 15 is 0 Å². The second kappa shape index (κ2) is 14.2. The number of ether oxygens (including phenoxy) is 1. The number of hydrogen-bond acceptors (Lipinski definition) is 3. The lowest BCUT2D eigenvalue weighted by Crippen LogP contribution is -2.39. The van der Waals surface area contributed by atoms with E-state index in [1.165, 1.54) is 24.9 Å². The van der Waals surface area contributed by atoms with Crippen molar-refractivity contribution in [3.8, 4) is 0 Å². The van der Waals surface area contributed by atoms with Crippen LogP contribution in [0.5, 0.6) is 0 Å². The molecule has 6 heteroatoms. The summed E-state index contributed by atoms with van der Waals surface area (Å²) in [6.07, 6.45) is 3.51. The second-order valence-electron chi connectivity index (χ2n) is 6.45. The Morgan fingerprint density at radius 2 is 2.04 bits per heavy atom. The number of nitrogens with one attached hydrogen (secondary N) is 2. The molecule has 1 unspecified atom stereocenters. The molecule has 2 rings (SSSR count). The lowest BCUT2D eigenvalue weighted by molar-refractivity contribution is 0.145. The Morgan fingerprint density at radius 3 is 2.77 bits per heavy atom. The van der Waals surface area contributed by atoms with Gasteiger partial charge < -0.3 is 15.4 Å². The molecule has 0 saturated carbocycles. The normalized spacial score (nSPS) is 17.8. The monoisotopic (exact) mass is 474 g/mol. The van der Waals surface area contributed by atoms with E-state index in [0.29, 0.717) is 6.04 Å². The molecule has 1 aliphatic rings. The fourth-order valence-corrected chi connectivity index (χ4v) is 3.19. The lowest BCUT2D eigenvalue weighted by atomic mass is 10.2. The first kappa shape index (κ1) is 23.2. The lowest BCUT2D eigenvalue weighted by Gasteiger charge is -2.23. The number of aliphatic imine (C=N–C) groups is 1. The van der Waals surface area contributed by atoms with Crippen LogP contribution in [0.4, 0.5) is 0 Å². The molecule has 148 valence electrons. The zero-order chi connectivity index (χ0) is 17.7. The number of benzene rings is 1. The van der Waals surface area contributed by atoms with Crippen molar-refractivity contribution in [1.82, 2.24) is 15.5 Å². The number of halogens is 1. The highest BCUT2D eigenvalue weighted by Gasteiger charge is 2.24. The van der Waals surface area contributed by atoms with Crippen molar-refractivity contribution in [1.29, 1.82) is 0 Å². The summed E-state index contributed by atoms with van der Waals surface area (Å²) >= 11 is 0. The van der Waals surface area contributed by atoms with Crippen LogP contribution in [0.25, 0.3) is 0 Å². The molecule has 1 heterocycles. The van der Waals surface area contributed by atoms with Gasteiger partial charge >= 0.3 is 0 Å². The Labute approximate surface area is 176 Å². The summed E-state index contributed by atoms with van der Waals surface area (Å²) in [6, 6.07) is 11.3. The van der Waals surface area contributed by atoms with E-state index in [-0.39, 0.29) is 24.0 Å². The van der Waals surface area contributed by atoms with E-state index in [2.05, 4.69) is 52.8 Å². The number of rotatable bonds is 10. The molecule has 1 aromatic rings. The van der Waals surface area contributed by atoms with Gasteiger partial charge in [-0.3, -0.25) is 9.89 Å². The highest BCUT2D eigenvalue weighted by molar-refractivity contribution is 14.0. The standard InChI is InChI=1S/C20H34N4O.HI/c1-3-21-20(22-13-9-15-25-4-2)23-16-19-12-8-14-24(19)17-18-10-6-5-7-11-18;/h5-7,10-11,19H,3-4,8-9,12-17H2,1-2H3,(H2,21,22,23);1H. The molecule has 2 N–H and O–H groups in total. The largest absolute Gasteiger partial charge is 0.382 e. The molecule has 1 fully saturated rings. The van der Waals surface area contributed by atoms with E-state index < -0.39 is 0 Å². The highest BCUT2D eigenvalue weighted by atomic mass is 127. The molecule has 0 aliphatic carbocycles. The average Bonchev–Trinajstić information content (AvgIpc) is 3.07. The molecule has 0 amide bonds. The zero-order valence-corrected chi connectivity index (χ0v) is 18.6. The number of likely N-dealkylation sites (tertiary alicyclic amines) is 1. The Bertz CT molecular complexity index is 498. The summed E-state index contributed by atoms with van der Waals surface area (Å²) in [5.41, 5.74) is 1.39. The fraction of sp³-hybridized carbons (Fsp3) is 0.650. The minimum Gasteiger partial charge on any atom is -0.382 e. The van der Waals surface area contributed by atoms with Gasteiger partial charge in [-0.1, -0.05) is 30.3 Å². The van der Waals surface area contributed by atoms with E-state index in [1.807, 2.05) is 6.92 Å². The van der Waals surface area contributed by atoms with Crippen LogP contribution in [-0.2, 0) is 11.3 Å². The van der Waals surface area contributed by atoms with Gasteiger partial charge in [-0.15, -0.1) is 24.0 Å². The molecular weight excluding hydrogens is 439 g/mol. The maximum Gasteiger partial charge on any atom is 0.191 e. The summed E-state index contributed by atoms with van der Waals surface area (Å²) in [6.45, 7) is 10.6. The van der Waals surface area contributed by atoms with Gasteiger partial charge in [0.15, 0.2) is 5.96 Å². The van der Waals surface area contributed by atoms with Crippen molar-refractivity contribution < 1.29 is 4.74 Å². The third-order valence-electron chi connectivity index (χ3n) is 4.49. The Kier molecular flexibility index (Phi) is 12.7. The first-order valence-corrected chi connectivity index (χ1v) is 9.71. The summed E-state index contributed by atoms with van der Waals surface area (Å²) < 4.78 is 5.38. The van der Waals surface area contributed by atoms with Crippen LogP contribution in [0.2, 0.25) is 0 Å². The molecule has 0 spiro atoms. The van der Waals surface area contributed by atoms with Gasteiger partial charge in [0.05, 0.1) is 6.54 Å². The van der Waals surface area contributed by atoms with Gasteiger partial charge in [-0.05, 0) is 45.2 Å². The van der Waals surface area contributed by atoms with Gasteiger partial charge in [-0.25, -0.2) is 0 Å². The summed E-state index contributed by atoms with van der Waals surface area (Å²) in [4.78, 5) is 7.38. The topological polar surface area (TPSA) is 48.9 Å². The Morgan fingerprint density at radius 1 is 1.23 bits per heavy atom. The predicted molar refractivity (Wildman–Crippen MR) is 120 cm³/mol. The number of nitrogens with zero attached hydrogens (tertiary/aromatic N) is 2. The predicted octanol–water partition coefficient (Wildman–Crippen LogP) is 3.25. The molecule has 1 aromatic carbocycles. The van der Waals surface area contributed by atoms with Crippen molar-refractivity contribution in [2.24, 2.45) is 4.99 Å². The summed E-state index contributed by atoms with van der Waals surface area (Å²) in [5.74, 6) is 0.922. The average molecular weight is 474 g/mol. The van der Waals surface area contributed by atoms with Crippen LogP contribution < -0.4 is 10.6 Å². The molecule has 5 nitrogen and oxygen atoms in total. The molecule has 1 aliphatic heterocycles. The molecule has 0 aromatic heterocycles. The molecule has 0 radical (unpaired) electrons. The second-order valence-corrected chi connectivity index (χ2v) is 6.45. The van der Waals surface area contributed by atoms with Gasteiger partial charge in [0.1, 0.15) is 0 Å². The van der Waals surface area contributed by atoms with Gasteiger partial charge in [0.25, 0.3) is 0 Å². The van der Waals surface area contributed by atoms with E-state index in [1.54, 1.807) is 0 Å². The van der Waals surface area contributed by atoms with E-state index in [4.69, 9.17) is 9.73 Å². The van der Waals surface area contributed by atoms with Crippen LogP contribution in [0, 0.1) is 0 Å². The van der Waals surface area contributed by atoms with Crippen molar-refractivity contribution in [2.75, 3.05) is 39.4 Å². The van der Waals surface area contributed by atoms with Gasteiger partial charge in [0, 0.05) is 38.9 Å². The molecule has 26 heavy (non-hydrogen) atoms. The first-order chi connectivity index (χ1) is 12.3. The van der Waals surface area contributed by atoms with Crippen molar-refractivity contribution in [2.45, 2.75) is 45.7 Å². The summed E-state index contributed by atoms with van der Waals surface area (Å²) in [5, 5.41) is 6.75. The quantitative estimate of drug-likeness (QED) is 0.237. The first-order valence-electron chi connectivity index (χ1n) is 9.71. The Hall–Kier alpha value is -0.860. The smallest absolute Gasteiger partial charge is 0.191 e. The summed E-state index contributed by atoms with van der Waals surface area (Å²) in [7, 11) is 0. The van der Waals surface area contributed by atoms with E-state index in [0.717, 1.165) is 51.8 Å². The molecule has 1 atom stereocenters. The van der Waals surface area contributed by atoms with Crippen molar-refractivity contribution in [3.05, 3.63) is 35.9 Å². The molecular formula is C20H35IN4O. The Balaban J connectivity index is 0.00000338. The highest BCUT2D eigenvalue weighted by Crippen LogP contribution is 2.20. The SMILES string of the molecule is CCNC(=NCC1CCCN1Cc1ccccc1)NCCCOCC.I. The van der Waals surface area contributed by atoms with Crippen LogP contribution in [0.15, 0.2) is 35.3 Å². The van der Waals surface area contributed by atoms with E-state index in [9.17, 15) is 0 Å². The maximum absolute atomic E-state index is 5.38. The molecule has 0 bridgehead atoms. The van der Waals surface area contributed by atoms with Crippen molar-refractivity contribution in [3.63, 3.8) is 0 Å². The number of hydrogen-bond donors (Lipinski definition) is 2. The molecule has 1 saturated heterocycles. The van der Waals surface area contributed by atoms with Crippen LogP contribution in [0.3, 0.4) is 0 Å². The fourth-order valence-electron chi connectivity index (χ4n) is 3.19. The van der Waals surface area contributed by atoms with Crippen molar-refractivity contribution >= 4 is 29.9 Å². The minimum atomic E-state index is 0. The third kappa shape index (κ3) is 8.68. The third-order valence-corrected chi connectivity index (χ3v) is 4.49. The zero-order valence-electron chi connectivity index (χ0n) is 16.2. The van der Waals surface area contributed by atoms with Crippen LogP contribution >= 0.6 is 24.0 Å². The number of guanidine groups is 1. The van der Waals surface area contributed by atoms with Crippen LogP contribution in [-0.4, -0.2) is 56.3 Å². The van der Waals surface area contributed by atoms with Gasteiger partial charge in [-0.2, -0.15) is 0 Å². The minimum absolute atomic E-state index is 0.